The molecular weight excluding hydrogens is 87.7 g/mol. The van der Waals surface area contributed by atoms with E-state index in [2.05, 4.69) is 0 Å². The van der Waals surface area contributed by atoms with Gasteiger partial charge in [0.15, 0.2) is 0 Å². The smallest absolute Gasteiger partial charge is 0.229 e. The van der Waals surface area contributed by atoms with Gasteiger partial charge in [-0.15, -0.1) is 0 Å². The molecule has 0 aromatic carbocycles. The second kappa shape index (κ2) is 2.38. The average molecular weight is 94.7 g/mol. The number of rotatable bonds is 1. The molecular formula is C3H7B2NO. The third-order valence-corrected chi connectivity index (χ3v) is 0.922. The second-order valence-electron chi connectivity index (χ2n) is 1.42. The summed E-state index contributed by atoms with van der Waals surface area (Å²) in [6, 6.07) is 0. The minimum atomic E-state index is 0.838. The Morgan fingerprint density at radius 1 is 1.86 bits per heavy atom. The summed E-state index contributed by atoms with van der Waals surface area (Å²) in [5.41, 5.74) is 0. The summed E-state index contributed by atoms with van der Waals surface area (Å²) in [5.74, 6) is 0. The van der Waals surface area contributed by atoms with E-state index >= 15 is 0 Å². The van der Waals surface area contributed by atoms with Gasteiger partial charge in [-0.2, -0.15) is 0 Å². The predicted molar refractivity (Wildman–Crippen MR) is 30.0 cm³/mol. The molecule has 2 radical (unpaired) electrons. The summed E-state index contributed by atoms with van der Waals surface area (Å²) < 4.78 is 0. The van der Waals surface area contributed by atoms with Crippen LogP contribution in [-0.2, 0) is 4.84 Å². The standard InChI is InChI=1S/C3H7B2NO/c1-4-6-5-2-3-7-6/h2-3H2,1H3. The van der Waals surface area contributed by atoms with Crippen molar-refractivity contribution < 1.29 is 4.84 Å². The van der Waals surface area contributed by atoms with Crippen LogP contribution in [0.5, 0.6) is 0 Å². The molecule has 1 aliphatic heterocycles. The van der Waals surface area contributed by atoms with Crippen molar-refractivity contribution in [2.75, 3.05) is 6.61 Å². The van der Waals surface area contributed by atoms with Gasteiger partial charge in [0.05, 0.1) is 6.61 Å². The van der Waals surface area contributed by atoms with Gasteiger partial charge in [0.2, 0.25) is 14.8 Å². The molecule has 0 spiro atoms. The van der Waals surface area contributed by atoms with Crippen molar-refractivity contribution in [2.24, 2.45) is 0 Å². The van der Waals surface area contributed by atoms with Crippen LogP contribution in [0.25, 0.3) is 0 Å². The first-order chi connectivity index (χ1) is 3.43. The topological polar surface area (TPSA) is 12.5 Å². The van der Waals surface area contributed by atoms with E-state index in [0.717, 1.165) is 12.9 Å². The average Bonchev–Trinajstić information content (AvgIpc) is 2.14. The third-order valence-electron chi connectivity index (χ3n) is 0.922. The molecule has 1 rings (SSSR count). The summed E-state index contributed by atoms with van der Waals surface area (Å²) in [6.45, 7) is 2.78. The van der Waals surface area contributed by atoms with E-state index in [1.165, 1.54) is 0 Å². The second-order valence-corrected chi connectivity index (χ2v) is 1.42. The van der Waals surface area contributed by atoms with Crippen molar-refractivity contribution in [3.8, 4) is 0 Å². The molecule has 7 heavy (non-hydrogen) atoms. The largest absolute Gasteiger partial charge is 0.323 e. The summed E-state index contributed by atoms with van der Waals surface area (Å²) in [4.78, 5) is 6.76. The van der Waals surface area contributed by atoms with E-state index in [9.17, 15) is 0 Å². The molecule has 0 aliphatic carbocycles. The van der Waals surface area contributed by atoms with Crippen LogP contribution in [0.15, 0.2) is 0 Å². The molecule has 0 saturated carbocycles. The quantitative estimate of drug-likeness (QED) is 0.422. The zero-order valence-electron chi connectivity index (χ0n) is 4.42. The van der Waals surface area contributed by atoms with E-state index in [4.69, 9.17) is 4.84 Å². The van der Waals surface area contributed by atoms with Crippen LogP contribution in [0.4, 0.5) is 0 Å². The minimum absolute atomic E-state index is 0.838. The molecule has 1 heterocycles. The highest BCUT2D eigenvalue weighted by Crippen LogP contribution is 1.98. The minimum Gasteiger partial charge on any atom is -0.323 e. The summed E-state index contributed by atoms with van der Waals surface area (Å²) in [6.07, 6.45) is 1.05. The van der Waals surface area contributed by atoms with E-state index in [0.29, 0.717) is 0 Å². The zero-order valence-corrected chi connectivity index (χ0v) is 4.42. The lowest BCUT2D eigenvalue weighted by atomic mass is 9.81. The highest BCUT2D eigenvalue weighted by Gasteiger charge is 2.10. The monoisotopic (exact) mass is 95.1 g/mol. The van der Waals surface area contributed by atoms with Gasteiger partial charge >= 0.3 is 0 Å². The number of nitrogens with zero attached hydrogens (tertiary/aromatic N) is 1. The predicted octanol–water partition coefficient (Wildman–Crippen LogP) is -0.0616. The Balaban J connectivity index is 2.14. The Hall–Kier alpha value is 0.0499. The molecule has 0 atom stereocenters. The van der Waals surface area contributed by atoms with Gasteiger partial charge in [-0.1, -0.05) is 6.82 Å². The summed E-state index contributed by atoms with van der Waals surface area (Å²) in [5, 5.41) is 0. The number of hydrogen-bond donors (Lipinski definition) is 0. The fourth-order valence-electron chi connectivity index (χ4n) is 0.571. The first kappa shape index (κ1) is 5.19. The van der Waals surface area contributed by atoms with E-state index in [1.807, 2.05) is 21.7 Å². The van der Waals surface area contributed by atoms with E-state index in [-0.39, 0.29) is 0 Å². The molecule has 0 N–H and O–H groups in total. The molecule has 0 aromatic heterocycles. The molecule has 1 fully saturated rings. The molecule has 0 aromatic rings. The van der Waals surface area contributed by atoms with Crippen LogP contribution in [0.2, 0.25) is 13.1 Å². The molecule has 36 valence electrons. The Morgan fingerprint density at radius 3 is 3.00 bits per heavy atom. The Labute approximate surface area is 45.3 Å². The van der Waals surface area contributed by atoms with Gasteiger partial charge in [0.25, 0.3) is 0 Å². The van der Waals surface area contributed by atoms with Gasteiger partial charge in [0, 0.05) is 0 Å². The van der Waals surface area contributed by atoms with Crippen molar-refractivity contribution in [3.63, 3.8) is 0 Å². The molecule has 0 amide bonds. The highest BCUT2D eigenvalue weighted by atomic mass is 16.7. The third kappa shape index (κ3) is 1.21. The van der Waals surface area contributed by atoms with Crippen LogP contribution in [-0.4, -0.2) is 26.3 Å². The Bertz CT molecular complexity index is 54.9. The van der Waals surface area contributed by atoms with Crippen molar-refractivity contribution in [1.29, 1.82) is 0 Å². The summed E-state index contributed by atoms with van der Waals surface area (Å²) >= 11 is 0. The molecule has 4 heteroatoms. The highest BCUT2D eigenvalue weighted by molar-refractivity contribution is 6.49. The van der Waals surface area contributed by atoms with E-state index in [1.54, 1.807) is 4.89 Å². The maximum absolute atomic E-state index is 5.02. The molecule has 0 bridgehead atoms. The first-order valence-electron chi connectivity index (χ1n) is 2.47. The maximum atomic E-state index is 5.02. The fourth-order valence-corrected chi connectivity index (χ4v) is 0.571. The van der Waals surface area contributed by atoms with Crippen LogP contribution in [0.1, 0.15) is 0 Å². The normalized spacial score (nSPS) is 21.9. The fraction of sp³-hybridized carbons (Fsp3) is 1.00. The van der Waals surface area contributed by atoms with Gasteiger partial charge in [-0.05, 0) is 6.32 Å². The van der Waals surface area contributed by atoms with Crippen LogP contribution >= 0.6 is 0 Å². The van der Waals surface area contributed by atoms with Crippen LogP contribution in [0.3, 0.4) is 0 Å². The SMILES string of the molecule is C[B]N1[B]CCO1. The molecule has 1 aliphatic rings. The Kier molecular flexibility index (Phi) is 1.77. The number of hydrogen-bond acceptors (Lipinski definition) is 2. The van der Waals surface area contributed by atoms with Crippen molar-refractivity contribution in [2.45, 2.75) is 13.1 Å². The van der Waals surface area contributed by atoms with Crippen LogP contribution < -0.4 is 0 Å². The first-order valence-corrected chi connectivity index (χ1v) is 2.47. The van der Waals surface area contributed by atoms with Gasteiger partial charge in [0.1, 0.15) is 0 Å². The van der Waals surface area contributed by atoms with Crippen molar-refractivity contribution in [1.82, 2.24) is 4.89 Å². The summed E-state index contributed by atoms with van der Waals surface area (Å²) in [7, 11) is 3.91. The lowest BCUT2D eigenvalue weighted by molar-refractivity contribution is 0.0112. The lowest BCUT2D eigenvalue weighted by Gasteiger charge is -2.07. The molecule has 2 nitrogen and oxygen atoms in total. The molecule has 1 saturated heterocycles. The van der Waals surface area contributed by atoms with Crippen molar-refractivity contribution in [3.05, 3.63) is 0 Å². The lowest BCUT2D eigenvalue weighted by Crippen LogP contribution is -2.22. The van der Waals surface area contributed by atoms with Crippen molar-refractivity contribution >= 4 is 14.8 Å². The molecule has 0 unspecified atom stereocenters. The van der Waals surface area contributed by atoms with Crippen LogP contribution in [0, 0.1) is 0 Å². The van der Waals surface area contributed by atoms with Gasteiger partial charge in [-0.25, -0.2) is 0 Å². The Morgan fingerprint density at radius 2 is 2.71 bits per heavy atom. The van der Waals surface area contributed by atoms with Gasteiger partial charge in [-0.3, -0.25) is 4.89 Å². The van der Waals surface area contributed by atoms with E-state index < -0.39 is 0 Å². The zero-order chi connectivity index (χ0) is 5.11. The van der Waals surface area contributed by atoms with Gasteiger partial charge < -0.3 is 4.84 Å². The maximum Gasteiger partial charge on any atom is 0.229 e.